The van der Waals surface area contributed by atoms with E-state index in [1.165, 1.54) is 34.3 Å². The smallest absolute Gasteiger partial charge is 0.182 e. The van der Waals surface area contributed by atoms with Gasteiger partial charge in [-0.2, -0.15) is 0 Å². The molecule has 0 spiro atoms. The quantitative estimate of drug-likeness (QED) is 0.195. The second-order valence-corrected chi connectivity index (χ2v) is 13.8. The third-order valence-electron chi connectivity index (χ3n) is 8.46. The molecule has 0 bridgehead atoms. The van der Waals surface area contributed by atoms with E-state index < -0.39 is 0 Å². The normalized spacial score (nSPS) is 22.9. The summed E-state index contributed by atoms with van der Waals surface area (Å²) in [7, 11) is 0. The molecule has 0 radical (unpaired) electrons. The van der Waals surface area contributed by atoms with Gasteiger partial charge in [0.05, 0.1) is 6.10 Å². The molecule has 0 saturated heterocycles. The minimum Gasteiger partial charge on any atom is -0.393 e. The average Bonchev–Trinajstić information content (AvgIpc) is 2.88. The van der Waals surface area contributed by atoms with Crippen LogP contribution in [0.3, 0.4) is 0 Å². The molecule has 2 heteroatoms. The van der Waals surface area contributed by atoms with E-state index >= 15 is 0 Å². The summed E-state index contributed by atoms with van der Waals surface area (Å²) in [6, 6.07) is 0. The van der Waals surface area contributed by atoms with Gasteiger partial charge in [-0.3, -0.25) is 4.79 Å². The maximum Gasteiger partial charge on any atom is 0.182 e. The van der Waals surface area contributed by atoms with Crippen LogP contribution in [0.5, 0.6) is 0 Å². The summed E-state index contributed by atoms with van der Waals surface area (Å²) >= 11 is 0. The second-order valence-electron chi connectivity index (χ2n) is 13.8. The van der Waals surface area contributed by atoms with E-state index in [0.29, 0.717) is 0 Å². The van der Waals surface area contributed by atoms with Crippen molar-refractivity contribution in [1.82, 2.24) is 0 Å². The molecule has 1 atom stereocenters. The Bertz CT molecular complexity index is 1350. The molecule has 2 aliphatic carbocycles. The first-order valence-electron chi connectivity index (χ1n) is 15.8. The number of rotatable bonds is 11. The summed E-state index contributed by atoms with van der Waals surface area (Å²) in [4.78, 5) is 12.9. The Hall–Kier alpha value is -3.23. The number of carbonyl (C=O) groups is 1. The second kappa shape index (κ2) is 16.6. The van der Waals surface area contributed by atoms with Crippen LogP contribution in [0.25, 0.3) is 0 Å². The Balaban J connectivity index is 1.89. The molecular formula is C41H56O2. The lowest BCUT2D eigenvalue weighted by Gasteiger charge is -2.35. The van der Waals surface area contributed by atoms with Gasteiger partial charge in [0.1, 0.15) is 0 Å². The summed E-state index contributed by atoms with van der Waals surface area (Å²) < 4.78 is 0. The Morgan fingerprint density at radius 2 is 1.21 bits per heavy atom. The van der Waals surface area contributed by atoms with Crippen molar-refractivity contribution in [2.75, 3.05) is 0 Å². The molecule has 1 N–H and O–H groups in total. The lowest BCUT2D eigenvalue weighted by molar-refractivity contribution is -0.112. The molecule has 0 aromatic carbocycles. The largest absolute Gasteiger partial charge is 0.393 e. The molecule has 2 aliphatic rings. The number of carbonyl (C=O) groups excluding carboxylic acids is 1. The van der Waals surface area contributed by atoms with Crippen LogP contribution in [0.1, 0.15) is 101 Å². The number of aliphatic hydroxyl groups excluding tert-OH is 1. The van der Waals surface area contributed by atoms with Gasteiger partial charge in [0.15, 0.2) is 5.78 Å². The van der Waals surface area contributed by atoms with Gasteiger partial charge in [0.25, 0.3) is 0 Å². The third kappa shape index (κ3) is 12.1. The van der Waals surface area contributed by atoms with Crippen molar-refractivity contribution >= 4 is 5.78 Å². The van der Waals surface area contributed by atoms with Gasteiger partial charge in [0, 0.05) is 5.57 Å². The highest BCUT2D eigenvalue weighted by Gasteiger charge is 2.32. The molecule has 0 aromatic heterocycles. The van der Waals surface area contributed by atoms with E-state index in [0.717, 1.165) is 42.4 Å². The highest BCUT2D eigenvalue weighted by atomic mass is 16.3. The Labute approximate surface area is 263 Å². The van der Waals surface area contributed by atoms with Crippen molar-refractivity contribution in [3.8, 4) is 0 Å². The summed E-state index contributed by atoms with van der Waals surface area (Å²) in [6.45, 7) is 21.4. The first-order valence-corrected chi connectivity index (χ1v) is 15.8. The highest BCUT2D eigenvalue weighted by Crippen LogP contribution is 2.41. The number of hydrogen-bond acceptors (Lipinski definition) is 2. The predicted molar refractivity (Wildman–Crippen MR) is 188 cm³/mol. The van der Waals surface area contributed by atoms with Crippen molar-refractivity contribution in [2.45, 2.75) is 107 Å². The predicted octanol–water partition coefficient (Wildman–Crippen LogP) is 11.1. The highest BCUT2D eigenvalue weighted by molar-refractivity contribution is 6.05. The van der Waals surface area contributed by atoms with E-state index in [1.54, 1.807) is 6.08 Å². The van der Waals surface area contributed by atoms with Gasteiger partial charge in [-0.25, -0.2) is 0 Å². The summed E-state index contributed by atoms with van der Waals surface area (Å²) in [5.74, 6) is 0.148. The van der Waals surface area contributed by atoms with Gasteiger partial charge in [-0.05, 0) is 96.1 Å². The topological polar surface area (TPSA) is 37.3 Å². The van der Waals surface area contributed by atoms with Crippen LogP contribution in [-0.2, 0) is 4.79 Å². The van der Waals surface area contributed by atoms with Crippen molar-refractivity contribution in [1.29, 1.82) is 0 Å². The molecule has 0 heterocycles. The van der Waals surface area contributed by atoms with Gasteiger partial charge in [0.2, 0.25) is 0 Å². The molecule has 2 rings (SSSR count). The van der Waals surface area contributed by atoms with E-state index in [4.69, 9.17) is 0 Å². The van der Waals surface area contributed by atoms with Gasteiger partial charge in [-0.15, -0.1) is 0 Å². The van der Waals surface area contributed by atoms with Crippen LogP contribution in [0.4, 0.5) is 0 Å². The Morgan fingerprint density at radius 1 is 0.698 bits per heavy atom. The molecule has 0 saturated carbocycles. The fraction of sp³-hybridized carbons (Fsp3) is 0.439. The monoisotopic (exact) mass is 580 g/mol. The molecular weight excluding hydrogens is 524 g/mol. The van der Waals surface area contributed by atoms with Gasteiger partial charge < -0.3 is 5.11 Å². The maximum absolute atomic E-state index is 12.9. The van der Waals surface area contributed by atoms with E-state index in [1.807, 2.05) is 25.2 Å². The van der Waals surface area contributed by atoms with Crippen LogP contribution in [-0.4, -0.2) is 17.0 Å². The van der Waals surface area contributed by atoms with Crippen molar-refractivity contribution in [2.24, 2.45) is 10.8 Å². The fourth-order valence-corrected chi connectivity index (χ4v) is 6.19. The Kier molecular flexibility index (Phi) is 13.9. The number of hydrogen-bond donors (Lipinski definition) is 1. The molecule has 0 fully saturated rings. The number of ketones is 1. The van der Waals surface area contributed by atoms with Crippen LogP contribution < -0.4 is 0 Å². The number of allylic oxidation sites excluding steroid dienone is 21. The lowest BCUT2D eigenvalue weighted by Crippen LogP contribution is -2.28. The van der Waals surface area contributed by atoms with Crippen LogP contribution in [0.15, 0.2) is 130 Å². The SMILES string of the molecule is CC1=C(/C=C/C(C)=C/C=C/C(C)=C/C=C/C=C(C)/C=C/C=C(C)/C=C/C(=O)C2=C(C)CCCC2(C)C)C(C)(C)CC(O)C1. The zero-order chi connectivity index (χ0) is 32.2. The van der Waals surface area contributed by atoms with Crippen LogP contribution in [0.2, 0.25) is 0 Å². The molecule has 0 amide bonds. The number of aliphatic hydroxyl groups is 1. The minimum atomic E-state index is -0.231. The lowest BCUT2D eigenvalue weighted by atomic mass is 9.71. The molecule has 232 valence electrons. The van der Waals surface area contributed by atoms with Gasteiger partial charge >= 0.3 is 0 Å². The van der Waals surface area contributed by atoms with Gasteiger partial charge in [-0.1, -0.05) is 140 Å². The summed E-state index contributed by atoms with van der Waals surface area (Å²) in [5, 5.41) is 10.1. The zero-order valence-electron chi connectivity index (χ0n) is 28.6. The molecule has 1 unspecified atom stereocenters. The van der Waals surface area contributed by atoms with Crippen LogP contribution in [0, 0.1) is 10.8 Å². The van der Waals surface area contributed by atoms with Crippen LogP contribution >= 0.6 is 0 Å². The minimum absolute atomic E-state index is 0.000566. The van der Waals surface area contributed by atoms with E-state index in [-0.39, 0.29) is 22.7 Å². The molecule has 43 heavy (non-hydrogen) atoms. The van der Waals surface area contributed by atoms with Crippen molar-refractivity contribution in [3.05, 3.63) is 130 Å². The summed E-state index contributed by atoms with van der Waals surface area (Å²) in [6.07, 6.45) is 33.4. The van der Waals surface area contributed by atoms with E-state index in [2.05, 4.69) is 123 Å². The first-order chi connectivity index (χ1) is 20.1. The van der Waals surface area contributed by atoms with Crippen molar-refractivity contribution in [3.63, 3.8) is 0 Å². The first kappa shape index (κ1) is 36.0. The molecule has 2 nitrogen and oxygen atoms in total. The molecule has 0 aliphatic heterocycles. The Morgan fingerprint density at radius 3 is 1.74 bits per heavy atom. The van der Waals surface area contributed by atoms with Crippen molar-refractivity contribution < 1.29 is 9.90 Å². The third-order valence-corrected chi connectivity index (χ3v) is 8.46. The standard InChI is InChI=1S/C41H56O2/c1-30(18-13-20-32(3)23-25-37-35(6)28-36(42)29-41(37,9)10)16-11-12-17-31(2)19-14-21-33(4)24-26-38(43)39-34(5)22-15-27-40(39,7)8/h11-14,16-21,23-26,36,42H,15,22,27-29H2,1-10H3/b12-11+,18-13+,19-14+,25-23+,26-24+,30-16+,31-17+,32-20+,33-21+. The average molecular weight is 581 g/mol. The maximum atomic E-state index is 12.9. The van der Waals surface area contributed by atoms with E-state index in [9.17, 15) is 9.90 Å². The zero-order valence-corrected chi connectivity index (χ0v) is 28.6. The summed E-state index contributed by atoms with van der Waals surface area (Å²) in [5.41, 5.74) is 9.40. The fourth-order valence-electron chi connectivity index (χ4n) is 6.19. The molecule has 0 aromatic rings.